The van der Waals surface area contributed by atoms with Gasteiger partial charge in [0.05, 0.1) is 10.6 Å². The molecule has 2 aromatic rings. The van der Waals surface area contributed by atoms with E-state index in [1.54, 1.807) is 35.3 Å². The lowest BCUT2D eigenvalue weighted by Crippen LogP contribution is -2.42. The van der Waals surface area contributed by atoms with Crippen LogP contribution in [-0.4, -0.2) is 15.0 Å². The van der Waals surface area contributed by atoms with Crippen LogP contribution in [-0.2, 0) is 10.0 Å². The molecular weight excluding hydrogens is 260 g/mol. The Kier molecular flexibility index (Phi) is 4.19. The monoisotopic (exact) mass is 276 g/mol. The van der Waals surface area contributed by atoms with Crippen molar-refractivity contribution in [2.75, 3.05) is 11.6 Å². The first kappa shape index (κ1) is 13.6. The van der Waals surface area contributed by atoms with Crippen LogP contribution in [0.2, 0.25) is 0 Å². The zero-order chi connectivity index (χ0) is 13.7. The molecule has 0 saturated carbocycles. The Morgan fingerprint density at radius 2 is 1.47 bits per heavy atom. The molecule has 0 atom stereocenters. The average molecular weight is 276 g/mol. The molecule has 19 heavy (non-hydrogen) atoms. The Morgan fingerprint density at radius 1 is 0.947 bits per heavy atom. The summed E-state index contributed by atoms with van der Waals surface area (Å²) < 4.78 is 24.4. The second kappa shape index (κ2) is 5.86. The van der Waals surface area contributed by atoms with Gasteiger partial charge in [-0.05, 0) is 31.2 Å². The molecule has 0 aliphatic carbocycles. The topological polar surface area (TPSA) is 49.4 Å². The van der Waals surface area contributed by atoms with Crippen molar-refractivity contribution in [1.29, 1.82) is 0 Å². The lowest BCUT2D eigenvalue weighted by Gasteiger charge is -2.23. The van der Waals surface area contributed by atoms with Crippen LogP contribution in [0.1, 0.15) is 6.92 Å². The third-order valence-corrected chi connectivity index (χ3v) is 4.02. The number of nitrogens with zero attached hydrogens (tertiary/aromatic N) is 1. The van der Waals surface area contributed by atoms with E-state index in [2.05, 4.69) is 4.83 Å². The van der Waals surface area contributed by atoms with Crippen molar-refractivity contribution in [3.63, 3.8) is 0 Å². The van der Waals surface area contributed by atoms with Crippen LogP contribution >= 0.6 is 0 Å². The Labute approximate surface area is 113 Å². The summed E-state index contributed by atoms with van der Waals surface area (Å²) in [5.74, 6) is 0. The van der Waals surface area contributed by atoms with Crippen LogP contribution in [0.4, 0.5) is 5.69 Å². The highest BCUT2D eigenvalue weighted by molar-refractivity contribution is 7.89. The lowest BCUT2D eigenvalue weighted by molar-refractivity contribution is 0.577. The van der Waals surface area contributed by atoms with Gasteiger partial charge in [-0.2, -0.15) is 0 Å². The molecule has 0 fully saturated rings. The third kappa shape index (κ3) is 3.33. The zero-order valence-corrected chi connectivity index (χ0v) is 11.5. The molecule has 0 aromatic heterocycles. The fraction of sp³-hybridized carbons (Fsp3) is 0.143. The third-order valence-electron chi connectivity index (χ3n) is 2.67. The molecular formula is C14H16N2O2S. The van der Waals surface area contributed by atoms with Gasteiger partial charge in [0.15, 0.2) is 0 Å². The number of benzene rings is 2. The highest BCUT2D eigenvalue weighted by Crippen LogP contribution is 2.14. The Balaban J connectivity index is 2.24. The first-order valence-corrected chi connectivity index (χ1v) is 7.52. The molecule has 0 bridgehead atoms. The van der Waals surface area contributed by atoms with Crippen LogP contribution in [0, 0.1) is 0 Å². The molecule has 0 heterocycles. The largest absolute Gasteiger partial charge is 0.295 e. The number of nitrogens with one attached hydrogen (secondary N) is 1. The summed E-state index contributed by atoms with van der Waals surface area (Å²) in [5.41, 5.74) is 0.810. The number of hydrogen-bond donors (Lipinski definition) is 1. The van der Waals surface area contributed by atoms with Crippen molar-refractivity contribution < 1.29 is 8.42 Å². The van der Waals surface area contributed by atoms with Gasteiger partial charge in [-0.3, -0.25) is 5.01 Å². The first-order chi connectivity index (χ1) is 9.13. The Morgan fingerprint density at radius 3 is 2.00 bits per heavy atom. The fourth-order valence-electron chi connectivity index (χ4n) is 1.71. The maximum atomic E-state index is 12.2. The number of hydrogen-bond acceptors (Lipinski definition) is 3. The van der Waals surface area contributed by atoms with Crippen molar-refractivity contribution >= 4 is 15.7 Å². The summed E-state index contributed by atoms with van der Waals surface area (Å²) in [5, 5.41) is 1.60. The number of anilines is 1. The van der Waals surface area contributed by atoms with Gasteiger partial charge in [0.25, 0.3) is 10.0 Å². The van der Waals surface area contributed by atoms with E-state index in [1.807, 2.05) is 37.3 Å². The predicted octanol–water partition coefficient (Wildman–Crippen LogP) is 2.41. The summed E-state index contributed by atoms with van der Waals surface area (Å²) in [6, 6.07) is 17.7. The maximum Gasteiger partial charge on any atom is 0.257 e. The van der Waals surface area contributed by atoms with E-state index in [0.29, 0.717) is 6.54 Å². The summed E-state index contributed by atoms with van der Waals surface area (Å²) in [4.78, 5) is 2.84. The highest BCUT2D eigenvalue weighted by Gasteiger charge is 2.17. The highest BCUT2D eigenvalue weighted by atomic mass is 32.2. The minimum absolute atomic E-state index is 0.254. The van der Waals surface area contributed by atoms with Gasteiger partial charge < -0.3 is 0 Å². The minimum Gasteiger partial charge on any atom is -0.295 e. The summed E-state index contributed by atoms with van der Waals surface area (Å²) >= 11 is 0. The van der Waals surface area contributed by atoms with Gasteiger partial charge in [0.1, 0.15) is 0 Å². The van der Waals surface area contributed by atoms with Gasteiger partial charge in [-0.1, -0.05) is 36.4 Å². The molecule has 2 rings (SSSR count). The molecule has 0 amide bonds. The zero-order valence-electron chi connectivity index (χ0n) is 10.7. The van der Waals surface area contributed by atoms with Crippen LogP contribution in [0.15, 0.2) is 65.6 Å². The quantitative estimate of drug-likeness (QED) is 0.853. The minimum atomic E-state index is -3.54. The van der Waals surface area contributed by atoms with E-state index in [9.17, 15) is 8.42 Å². The molecule has 0 aliphatic rings. The maximum absolute atomic E-state index is 12.2. The van der Waals surface area contributed by atoms with Gasteiger partial charge in [0.2, 0.25) is 0 Å². The predicted molar refractivity (Wildman–Crippen MR) is 76.2 cm³/mol. The Hall–Kier alpha value is -1.85. The molecule has 0 radical (unpaired) electrons. The van der Waals surface area contributed by atoms with E-state index in [1.165, 1.54) is 0 Å². The lowest BCUT2D eigenvalue weighted by atomic mass is 10.3. The summed E-state index contributed by atoms with van der Waals surface area (Å²) in [6.07, 6.45) is 0. The van der Waals surface area contributed by atoms with Crippen LogP contribution < -0.4 is 9.84 Å². The van der Waals surface area contributed by atoms with Crippen LogP contribution in [0.3, 0.4) is 0 Å². The first-order valence-electron chi connectivity index (χ1n) is 6.03. The van der Waals surface area contributed by atoms with E-state index in [4.69, 9.17) is 0 Å². The average Bonchev–Trinajstić information content (AvgIpc) is 2.47. The van der Waals surface area contributed by atoms with Crippen molar-refractivity contribution in [2.45, 2.75) is 11.8 Å². The summed E-state index contributed by atoms with van der Waals surface area (Å²) in [7, 11) is -3.54. The van der Waals surface area contributed by atoms with E-state index in [0.717, 1.165) is 5.69 Å². The van der Waals surface area contributed by atoms with Crippen molar-refractivity contribution in [1.82, 2.24) is 4.83 Å². The summed E-state index contributed by atoms with van der Waals surface area (Å²) in [6.45, 7) is 2.43. The molecule has 5 heteroatoms. The second-order valence-corrected chi connectivity index (χ2v) is 5.65. The fourth-order valence-corrected chi connectivity index (χ4v) is 2.85. The normalized spacial score (nSPS) is 11.2. The van der Waals surface area contributed by atoms with E-state index >= 15 is 0 Å². The number of para-hydroxylation sites is 1. The standard InChI is InChI=1S/C14H16N2O2S/c1-2-16(13-9-5-3-6-10-13)15-19(17,18)14-11-7-4-8-12-14/h3-12,15H,2H2,1H3. The van der Waals surface area contributed by atoms with Gasteiger partial charge >= 0.3 is 0 Å². The van der Waals surface area contributed by atoms with Gasteiger partial charge in [-0.25, -0.2) is 8.42 Å². The van der Waals surface area contributed by atoms with Crippen LogP contribution in [0.25, 0.3) is 0 Å². The van der Waals surface area contributed by atoms with E-state index < -0.39 is 10.0 Å². The molecule has 0 aliphatic heterocycles. The van der Waals surface area contributed by atoms with Crippen molar-refractivity contribution in [3.8, 4) is 0 Å². The SMILES string of the molecule is CCN(NS(=O)(=O)c1ccccc1)c1ccccc1. The molecule has 0 saturated heterocycles. The van der Waals surface area contributed by atoms with Gasteiger partial charge in [-0.15, -0.1) is 4.83 Å². The molecule has 1 N–H and O–H groups in total. The molecule has 0 spiro atoms. The smallest absolute Gasteiger partial charge is 0.257 e. The number of rotatable bonds is 5. The molecule has 100 valence electrons. The Bertz CT molecular complexity index is 612. The molecule has 2 aromatic carbocycles. The molecule has 0 unspecified atom stereocenters. The van der Waals surface area contributed by atoms with Crippen molar-refractivity contribution in [2.24, 2.45) is 0 Å². The number of sulfonamides is 1. The van der Waals surface area contributed by atoms with Crippen molar-refractivity contribution in [3.05, 3.63) is 60.7 Å². The number of hydrazine groups is 1. The van der Waals surface area contributed by atoms with Gasteiger partial charge in [0, 0.05) is 6.54 Å². The second-order valence-electron chi connectivity index (χ2n) is 3.99. The molecule has 4 nitrogen and oxygen atoms in total. The van der Waals surface area contributed by atoms with Crippen LogP contribution in [0.5, 0.6) is 0 Å². The van der Waals surface area contributed by atoms with E-state index in [-0.39, 0.29) is 4.90 Å².